The molecule has 0 bridgehead atoms. The Morgan fingerprint density at radius 3 is 2.50 bits per heavy atom. The van der Waals surface area contributed by atoms with E-state index in [1.54, 1.807) is 35.2 Å². The lowest BCUT2D eigenvalue weighted by Crippen LogP contribution is -2.38. The van der Waals surface area contributed by atoms with Crippen LogP contribution in [0.25, 0.3) is 33.9 Å². The van der Waals surface area contributed by atoms with Crippen LogP contribution in [0.15, 0.2) is 91.5 Å². The molecule has 1 fully saturated rings. The van der Waals surface area contributed by atoms with Gasteiger partial charge < -0.3 is 10.2 Å². The summed E-state index contributed by atoms with van der Waals surface area (Å²) in [5.74, 6) is 0.0465. The van der Waals surface area contributed by atoms with Crippen molar-refractivity contribution < 1.29 is 9.18 Å². The van der Waals surface area contributed by atoms with E-state index < -0.39 is 0 Å². The van der Waals surface area contributed by atoms with E-state index in [-0.39, 0.29) is 17.6 Å². The van der Waals surface area contributed by atoms with Gasteiger partial charge in [-0.15, -0.1) is 0 Å². The summed E-state index contributed by atoms with van der Waals surface area (Å²) in [6.07, 6.45) is 8.76. The van der Waals surface area contributed by atoms with Crippen LogP contribution >= 0.6 is 0 Å². The van der Waals surface area contributed by atoms with Crippen LogP contribution in [0, 0.1) is 11.7 Å². The zero-order valence-electron chi connectivity index (χ0n) is 21.5. The molecule has 0 aliphatic carbocycles. The highest BCUT2D eigenvalue weighted by atomic mass is 19.1. The summed E-state index contributed by atoms with van der Waals surface area (Å²) in [5, 5.41) is 7.80. The molecule has 40 heavy (non-hydrogen) atoms. The first-order valence-electron chi connectivity index (χ1n) is 13.2. The minimum Gasteiger partial charge on any atom is -0.371 e. The van der Waals surface area contributed by atoms with Gasteiger partial charge in [-0.2, -0.15) is 5.10 Å². The Morgan fingerprint density at radius 2 is 1.70 bits per heavy atom. The molecule has 5 aromatic heterocycles. The van der Waals surface area contributed by atoms with Crippen LogP contribution in [0.3, 0.4) is 0 Å². The Bertz CT molecular complexity index is 1820. The molecule has 6 heterocycles. The van der Waals surface area contributed by atoms with E-state index in [0.29, 0.717) is 22.9 Å². The first kappa shape index (κ1) is 24.0. The van der Waals surface area contributed by atoms with Crippen molar-refractivity contribution >= 4 is 28.7 Å². The summed E-state index contributed by atoms with van der Waals surface area (Å²) in [7, 11) is 0. The van der Waals surface area contributed by atoms with Crippen LogP contribution in [0.1, 0.15) is 12.8 Å². The van der Waals surface area contributed by atoms with Crippen LogP contribution in [-0.2, 0) is 4.79 Å². The smallest absolute Gasteiger partial charge is 0.228 e. The molecular weight excluding hydrogens is 507 g/mol. The number of rotatable bonds is 5. The lowest BCUT2D eigenvalue weighted by molar-refractivity contribution is -0.120. The van der Waals surface area contributed by atoms with Gasteiger partial charge in [0, 0.05) is 48.8 Å². The fourth-order valence-corrected chi connectivity index (χ4v) is 5.30. The lowest BCUT2D eigenvalue weighted by Gasteiger charge is -2.32. The Kier molecular flexibility index (Phi) is 5.92. The van der Waals surface area contributed by atoms with Crippen LogP contribution in [0.4, 0.5) is 15.9 Å². The maximum absolute atomic E-state index is 13.6. The number of hydrogen-bond acceptors (Lipinski definition) is 6. The summed E-state index contributed by atoms with van der Waals surface area (Å²) >= 11 is 0. The molecule has 1 saturated heterocycles. The molecule has 1 aliphatic heterocycles. The average molecular weight is 533 g/mol. The van der Waals surface area contributed by atoms with Gasteiger partial charge in [-0.25, -0.2) is 18.9 Å². The van der Waals surface area contributed by atoms with Gasteiger partial charge in [0.15, 0.2) is 11.5 Å². The molecule has 0 unspecified atom stereocenters. The topological polar surface area (TPSA) is 92.7 Å². The van der Waals surface area contributed by atoms with E-state index in [4.69, 9.17) is 10.1 Å². The van der Waals surface area contributed by atoms with Gasteiger partial charge in [-0.3, -0.25) is 14.2 Å². The van der Waals surface area contributed by atoms with E-state index in [2.05, 4.69) is 20.2 Å². The van der Waals surface area contributed by atoms with Gasteiger partial charge in [-0.05, 0) is 73.5 Å². The Morgan fingerprint density at radius 1 is 0.900 bits per heavy atom. The van der Waals surface area contributed by atoms with Gasteiger partial charge in [0.1, 0.15) is 22.9 Å². The van der Waals surface area contributed by atoms with Gasteiger partial charge in [0.2, 0.25) is 5.91 Å². The maximum atomic E-state index is 13.6. The predicted octanol–water partition coefficient (Wildman–Crippen LogP) is 5.10. The molecule has 10 heteroatoms. The van der Waals surface area contributed by atoms with Gasteiger partial charge >= 0.3 is 0 Å². The van der Waals surface area contributed by atoms with Crippen LogP contribution in [-0.4, -0.2) is 48.0 Å². The second-order valence-electron chi connectivity index (χ2n) is 9.85. The number of carbonyl (C=O) groups excluding carboxylic acids is 1. The van der Waals surface area contributed by atoms with E-state index in [9.17, 15) is 9.18 Å². The van der Waals surface area contributed by atoms with Crippen molar-refractivity contribution in [2.45, 2.75) is 12.8 Å². The average Bonchev–Trinajstić information content (AvgIpc) is 3.58. The zero-order valence-corrected chi connectivity index (χ0v) is 21.5. The number of halogens is 1. The third kappa shape index (κ3) is 4.43. The number of nitrogens with zero attached hydrogens (tertiary/aromatic N) is 7. The van der Waals surface area contributed by atoms with Crippen molar-refractivity contribution in [2.24, 2.45) is 5.92 Å². The number of carbonyl (C=O) groups is 1. The Balaban J connectivity index is 1.14. The van der Waals surface area contributed by atoms with Crippen molar-refractivity contribution in [1.82, 2.24) is 29.0 Å². The summed E-state index contributed by atoms with van der Waals surface area (Å²) in [4.78, 5) is 28.8. The molecule has 1 N–H and O–H groups in total. The highest BCUT2D eigenvalue weighted by Gasteiger charge is 2.26. The molecule has 0 saturated carbocycles. The minimum atomic E-state index is -0.305. The summed E-state index contributed by atoms with van der Waals surface area (Å²) in [6.45, 7) is 1.63. The quantitative estimate of drug-likeness (QED) is 0.332. The van der Waals surface area contributed by atoms with Crippen LogP contribution < -0.4 is 10.2 Å². The zero-order chi connectivity index (χ0) is 27.1. The van der Waals surface area contributed by atoms with Crippen molar-refractivity contribution in [3.63, 3.8) is 0 Å². The lowest BCUT2D eigenvalue weighted by atomic mass is 9.95. The maximum Gasteiger partial charge on any atom is 0.228 e. The van der Waals surface area contributed by atoms with E-state index in [1.807, 2.05) is 53.1 Å². The number of benzene rings is 1. The van der Waals surface area contributed by atoms with Gasteiger partial charge in [0.05, 0.1) is 11.9 Å². The molecule has 1 aliphatic rings. The van der Waals surface area contributed by atoms with Gasteiger partial charge in [0.25, 0.3) is 0 Å². The molecule has 0 spiro atoms. The number of imidazole rings is 2. The number of anilines is 2. The van der Waals surface area contributed by atoms with Crippen LogP contribution in [0.2, 0.25) is 0 Å². The number of piperidine rings is 1. The van der Waals surface area contributed by atoms with Crippen LogP contribution in [0.5, 0.6) is 0 Å². The monoisotopic (exact) mass is 532 g/mol. The SMILES string of the molecule is O=C(Nc1cn2nc(-c3c(-c4ccc(F)cc4)nc4ccccn34)ccc2n1)C1CCN(c2ccncc2)CC1. The number of amides is 1. The number of hydrogen-bond donors (Lipinski definition) is 1. The molecule has 9 nitrogen and oxygen atoms in total. The highest BCUT2D eigenvalue weighted by Crippen LogP contribution is 2.32. The molecule has 0 radical (unpaired) electrons. The van der Waals surface area contributed by atoms with Crippen molar-refractivity contribution in [3.8, 4) is 22.6 Å². The van der Waals surface area contributed by atoms with E-state index >= 15 is 0 Å². The highest BCUT2D eigenvalue weighted by molar-refractivity contribution is 5.92. The number of nitrogens with one attached hydrogen (secondary N) is 1. The first-order valence-corrected chi connectivity index (χ1v) is 13.2. The molecule has 1 amide bonds. The molecule has 6 aromatic rings. The fourth-order valence-electron chi connectivity index (χ4n) is 5.30. The normalized spacial score (nSPS) is 14.2. The summed E-state index contributed by atoms with van der Waals surface area (Å²) in [5.41, 5.74) is 5.44. The molecule has 1 aromatic carbocycles. The first-order chi connectivity index (χ1) is 19.6. The minimum absolute atomic E-state index is 0.0293. The van der Waals surface area contributed by atoms with Gasteiger partial charge in [-0.1, -0.05) is 6.07 Å². The summed E-state index contributed by atoms with van der Waals surface area (Å²) < 4.78 is 17.2. The third-order valence-corrected chi connectivity index (χ3v) is 7.36. The third-order valence-electron chi connectivity index (χ3n) is 7.36. The van der Waals surface area contributed by atoms with Crippen molar-refractivity contribution in [2.75, 3.05) is 23.3 Å². The molecular formula is C30H25FN8O. The molecule has 0 atom stereocenters. The van der Waals surface area contributed by atoms with Crippen molar-refractivity contribution in [1.29, 1.82) is 0 Å². The predicted molar refractivity (Wildman–Crippen MR) is 150 cm³/mol. The second-order valence-corrected chi connectivity index (χ2v) is 9.85. The number of pyridine rings is 2. The van der Waals surface area contributed by atoms with E-state index in [0.717, 1.165) is 48.5 Å². The summed E-state index contributed by atoms with van der Waals surface area (Å²) in [6, 6.07) is 19.8. The van der Waals surface area contributed by atoms with E-state index in [1.165, 1.54) is 12.1 Å². The molecule has 7 rings (SSSR count). The van der Waals surface area contributed by atoms with Crippen molar-refractivity contribution in [3.05, 3.63) is 97.3 Å². The standard InChI is InChI=1S/C30H25FN8O/c31-22-6-4-20(5-7-22)28-29(38-16-2-1-3-26(38)35-28)24-8-9-27-33-25(19-39(27)36-24)34-30(40)21-12-17-37(18-13-21)23-10-14-32-15-11-23/h1-11,14-16,19,21H,12-13,17-18H2,(H,34,40). The number of aromatic nitrogens is 6. The fraction of sp³-hybridized carbons (Fsp3) is 0.167. The molecule has 198 valence electrons. The Labute approximate surface area is 229 Å². The second kappa shape index (κ2) is 9.88. The largest absolute Gasteiger partial charge is 0.371 e. The Hall–Kier alpha value is -5.12. The number of fused-ring (bicyclic) bond motifs is 2.